The zero-order chi connectivity index (χ0) is 14.8. The third-order valence-electron chi connectivity index (χ3n) is 4.51. The van der Waals surface area contributed by atoms with Crippen molar-refractivity contribution < 1.29 is 0 Å². The van der Waals surface area contributed by atoms with Crippen LogP contribution >= 0.6 is 15.9 Å². The van der Waals surface area contributed by atoms with Crippen LogP contribution in [0.1, 0.15) is 48.4 Å². The van der Waals surface area contributed by atoms with Gasteiger partial charge in [-0.05, 0) is 49.8 Å². The summed E-state index contributed by atoms with van der Waals surface area (Å²) in [6, 6.07) is 18.5. The Labute approximate surface area is 135 Å². The Morgan fingerprint density at radius 3 is 2.57 bits per heavy atom. The van der Waals surface area contributed by atoms with Crippen molar-refractivity contribution in [2.45, 2.75) is 44.7 Å². The minimum atomic E-state index is 0.393. The Bertz CT molecular complexity index is 616. The molecule has 110 valence electrons. The van der Waals surface area contributed by atoms with E-state index >= 15 is 0 Å². The third kappa shape index (κ3) is 3.38. The lowest BCUT2D eigenvalue weighted by atomic mass is 9.75. The van der Waals surface area contributed by atoms with Crippen molar-refractivity contribution in [1.29, 1.82) is 0 Å². The van der Waals surface area contributed by atoms with Crippen LogP contribution in [0.15, 0.2) is 53.0 Å². The van der Waals surface area contributed by atoms with Crippen LogP contribution in [0.3, 0.4) is 0 Å². The average molecular weight is 344 g/mol. The maximum absolute atomic E-state index is 3.76. The summed E-state index contributed by atoms with van der Waals surface area (Å²) < 4.78 is 1.19. The molecule has 0 radical (unpaired) electrons. The Morgan fingerprint density at radius 1 is 1.10 bits per heavy atom. The van der Waals surface area contributed by atoms with E-state index in [1.165, 1.54) is 34.0 Å². The fraction of sp³-hybridized carbons (Fsp3) is 0.368. The second-order valence-corrected chi connectivity index (χ2v) is 7.04. The summed E-state index contributed by atoms with van der Waals surface area (Å²) in [4.78, 5) is 0. The van der Waals surface area contributed by atoms with Crippen LogP contribution in [0.2, 0.25) is 0 Å². The maximum Gasteiger partial charge on any atom is 0.0305 e. The Hall–Kier alpha value is -1.12. The first-order valence-electron chi connectivity index (χ1n) is 7.70. The van der Waals surface area contributed by atoms with Gasteiger partial charge >= 0.3 is 0 Å². The van der Waals surface area contributed by atoms with E-state index in [-0.39, 0.29) is 0 Å². The molecule has 1 saturated carbocycles. The molecule has 1 fully saturated rings. The molecule has 2 aromatic carbocycles. The molecule has 0 bridgehead atoms. The number of benzene rings is 2. The van der Waals surface area contributed by atoms with Gasteiger partial charge in [0.2, 0.25) is 0 Å². The van der Waals surface area contributed by atoms with Crippen molar-refractivity contribution in [3.05, 3.63) is 69.7 Å². The van der Waals surface area contributed by atoms with Crippen LogP contribution in [0.4, 0.5) is 0 Å². The van der Waals surface area contributed by atoms with Gasteiger partial charge in [0.15, 0.2) is 0 Å². The molecule has 1 N–H and O–H groups in total. The smallest absolute Gasteiger partial charge is 0.0305 e. The van der Waals surface area contributed by atoms with Gasteiger partial charge in [0.05, 0.1) is 0 Å². The summed E-state index contributed by atoms with van der Waals surface area (Å²) >= 11 is 3.64. The molecule has 0 saturated heterocycles. The molecule has 0 aliphatic heterocycles. The number of hydrogen-bond acceptors (Lipinski definition) is 1. The van der Waals surface area contributed by atoms with E-state index < -0.39 is 0 Å². The predicted molar refractivity (Wildman–Crippen MR) is 92.6 cm³/mol. The normalized spacial score (nSPS) is 22.6. The SMILES string of the molecule is Cc1cccc(C2CC(N[C@H](C)c3ccccc3Br)C2)c1. The van der Waals surface area contributed by atoms with Gasteiger partial charge < -0.3 is 5.32 Å². The maximum atomic E-state index is 3.76. The van der Waals surface area contributed by atoms with Crippen LogP contribution in [0, 0.1) is 6.92 Å². The topological polar surface area (TPSA) is 12.0 Å². The van der Waals surface area contributed by atoms with Gasteiger partial charge in [0.1, 0.15) is 0 Å². The Kier molecular flexibility index (Phi) is 4.46. The fourth-order valence-corrected chi connectivity index (χ4v) is 3.85. The molecule has 21 heavy (non-hydrogen) atoms. The molecule has 2 heteroatoms. The van der Waals surface area contributed by atoms with Crippen LogP contribution in [-0.4, -0.2) is 6.04 Å². The molecule has 1 atom stereocenters. The Morgan fingerprint density at radius 2 is 1.86 bits per heavy atom. The van der Waals surface area contributed by atoms with Gasteiger partial charge in [0, 0.05) is 16.6 Å². The second-order valence-electron chi connectivity index (χ2n) is 6.19. The van der Waals surface area contributed by atoms with E-state index in [1.807, 2.05) is 0 Å². The lowest BCUT2D eigenvalue weighted by Gasteiger charge is -2.38. The average Bonchev–Trinajstić information content (AvgIpc) is 2.42. The van der Waals surface area contributed by atoms with Crippen molar-refractivity contribution in [3.63, 3.8) is 0 Å². The fourth-order valence-electron chi connectivity index (χ4n) is 3.22. The van der Waals surface area contributed by atoms with Gasteiger partial charge in [-0.2, -0.15) is 0 Å². The molecule has 0 aromatic heterocycles. The molecule has 0 spiro atoms. The summed E-state index contributed by atoms with van der Waals surface area (Å²) in [5, 5.41) is 3.76. The predicted octanol–water partition coefficient (Wildman–Crippen LogP) is 5.35. The molecule has 1 aliphatic rings. The van der Waals surface area contributed by atoms with E-state index in [1.54, 1.807) is 0 Å². The quantitative estimate of drug-likeness (QED) is 0.788. The number of hydrogen-bond donors (Lipinski definition) is 1. The molecule has 1 nitrogen and oxygen atoms in total. The van der Waals surface area contributed by atoms with Crippen molar-refractivity contribution >= 4 is 15.9 Å². The van der Waals surface area contributed by atoms with Crippen LogP contribution in [0.5, 0.6) is 0 Å². The number of rotatable bonds is 4. The first kappa shape index (κ1) is 14.8. The van der Waals surface area contributed by atoms with E-state index in [9.17, 15) is 0 Å². The summed E-state index contributed by atoms with van der Waals surface area (Å²) in [5.74, 6) is 0.730. The highest BCUT2D eigenvalue weighted by atomic mass is 79.9. The summed E-state index contributed by atoms with van der Waals surface area (Å²) in [7, 11) is 0. The van der Waals surface area contributed by atoms with Gasteiger partial charge in [-0.3, -0.25) is 0 Å². The minimum Gasteiger partial charge on any atom is -0.307 e. The largest absolute Gasteiger partial charge is 0.307 e. The zero-order valence-corrected chi connectivity index (χ0v) is 14.2. The number of nitrogens with one attached hydrogen (secondary N) is 1. The standard InChI is InChI=1S/C19H22BrN/c1-13-6-5-7-15(10-13)16-11-17(12-16)21-14(2)18-8-3-4-9-19(18)20/h3-10,14,16-17,21H,11-12H2,1-2H3/t14-,16?,17?/m1/s1. The monoisotopic (exact) mass is 343 g/mol. The first-order chi connectivity index (χ1) is 10.1. The first-order valence-corrected chi connectivity index (χ1v) is 8.50. The summed E-state index contributed by atoms with van der Waals surface area (Å²) in [6.07, 6.45) is 2.50. The third-order valence-corrected chi connectivity index (χ3v) is 5.23. The van der Waals surface area contributed by atoms with Gasteiger partial charge in [0.25, 0.3) is 0 Å². The van der Waals surface area contributed by atoms with Gasteiger partial charge in [-0.1, -0.05) is 64.0 Å². The molecule has 0 heterocycles. The highest BCUT2D eigenvalue weighted by Crippen LogP contribution is 2.38. The van der Waals surface area contributed by atoms with Crippen LogP contribution < -0.4 is 5.32 Å². The van der Waals surface area contributed by atoms with E-state index in [4.69, 9.17) is 0 Å². The minimum absolute atomic E-state index is 0.393. The lowest BCUT2D eigenvalue weighted by Crippen LogP contribution is -2.41. The highest BCUT2D eigenvalue weighted by molar-refractivity contribution is 9.10. The summed E-state index contributed by atoms with van der Waals surface area (Å²) in [6.45, 7) is 4.42. The van der Waals surface area contributed by atoms with Crippen molar-refractivity contribution in [3.8, 4) is 0 Å². The highest BCUT2D eigenvalue weighted by Gasteiger charge is 2.31. The molecule has 1 aliphatic carbocycles. The molecule has 0 unspecified atom stereocenters. The molecular formula is C19H22BrN. The van der Waals surface area contributed by atoms with E-state index in [0.29, 0.717) is 12.1 Å². The van der Waals surface area contributed by atoms with Gasteiger partial charge in [-0.25, -0.2) is 0 Å². The summed E-state index contributed by atoms with van der Waals surface area (Å²) in [5.41, 5.74) is 4.21. The molecular weight excluding hydrogens is 322 g/mol. The van der Waals surface area contributed by atoms with Crippen LogP contribution in [-0.2, 0) is 0 Å². The molecule has 2 aromatic rings. The second kappa shape index (κ2) is 6.33. The molecule has 0 amide bonds. The van der Waals surface area contributed by atoms with Crippen molar-refractivity contribution in [2.75, 3.05) is 0 Å². The van der Waals surface area contributed by atoms with E-state index in [0.717, 1.165) is 5.92 Å². The van der Waals surface area contributed by atoms with Crippen molar-refractivity contribution in [2.24, 2.45) is 0 Å². The zero-order valence-electron chi connectivity index (χ0n) is 12.6. The van der Waals surface area contributed by atoms with E-state index in [2.05, 4.69) is 83.6 Å². The lowest BCUT2D eigenvalue weighted by molar-refractivity contribution is 0.270. The van der Waals surface area contributed by atoms with Crippen LogP contribution in [0.25, 0.3) is 0 Å². The number of aryl methyl sites for hydroxylation is 1. The molecule has 3 rings (SSSR count). The Balaban J connectivity index is 1.56. The van der Waals surface area contributed by atoms with Gasteiger partial charge in [-0.15, -0.1) is 0 Å². The van der Waals surface area contributed by atoms with Crippen molar-refractivity contribution in [1.82, 2.24) is 5.32 Å². The number of halogens is 1.